The first-order valence-electron chi connectivity index (χ1n) is 9.09. The summed E-state index contributed by atoms with van der Waals surface area (Å²) in [7, 11) is 0. The number of amides is 1. The average Bonchev–Trinajstić information content (AvgIpc) is 3.09. The van der Waals surface area contributed by atoms with Gasteiger partial charge in [0.25, 0.3) is 5.91 Å². The van der Waals surface area contributed by atoms with Gasteiger partial charge in [-0.3, -0.25) is 4.79 Å². The van der Waals surface area contributed by atoms with Crippen LogP contribution in [0.15, 0.2) is 42.5 Å². The Balaban J connectivity index is 2.13. The van der Waals surface area contributed by atoms with Crippen LogP contribution in [0.2, 0.25) is 0 Å². The van der Waals surface area contributed by atoms with Crippen LogP contribution in [0.3, 0.4) is 0 Å². The van der Waals surface area contributed by atoms with E-state index in [9.17, 15) is 4.79 Å². The fraction of sp³-hybridized carbons (Fsp3) is 0.333. The number of aryl methyl sites for hydroxylation is 2. The van der Waals surface area contributed by atoms with Crippen molar-refractivity contribution in [2.45, 2.75) is 46.6 Å². The molecule has 0 fully saturated rings. The highest BCUT2D eigenvalue weighted by Crippen LogP contribution is 2.25. The molecule has 0 saturated heterocycles. The van der Waals surface area contributed by atoms with Crippen LogP contribution in [0.4, 0.5) is 0 Å². The second-order valence-corrected chi connectivity index (χ2v) is 7.70. The van der Waals surface area contributed by atoms with Crippen molar-refractivity contribution in [3.8, 4) is 16.8 Å². The summed E-state index contributed by atoms with van der Waals surface area (Å²) in [4.78, 5) is 12.8. The smallest absolute Gasteiger partial charge is 0.251 e. The van der Waals surface area contributed by atoms with Crippen molar-refractivity contribution in [2.75, 3.05) is 0 Å². The molecule has 0 aliphatic rings. The number of hydrogen-bond acceptors (Lipinski definition) is 4. The van der Waals surface area contributed by atoms with Gasteiger partial charge in [-0.2, -0.15) is 4.68 Å². The van der Waals surface area contributed by atoms with Gasteiger partial charge in [-0.25, -0.2) is 0 Å². The first-order chi connectivity index (χ1) is 12.8. The second-order valence-electron chi connectivity index (χ2n) is 7.70. The van der Waals surface area contributed by atoms with E-state index in [1.807, 2.05) is 45.9 Å². The standard InChI is InChI=1S/C21H25N5O/c1-6-19-23-24-25-26(19)18-12-16(15-9-7-14(2)8-10-15)11-17(13-18)20(27)22-21(3,4)5/h7-13H,6H2,1-5H3,(H,22,27). The van der Waals surface area contributed by atoms with Crippen LogP contribution < -0.4 is 5.32 Å². The van der Waals surface area contributed by atoms with Crippen LogP contribution in [0.5, 0.6) is 0 Å². The molecule has 1 heterocycles. The summed E-state index contributed by atoms with van der Waals surface area (Å²) in [5.74, 6) is 0.627. The van der Waals surface area contributed by atoms with E-state index in [0.717, 1.165) is 22.6 Å². The van der Waals surface area contributed by atoms with Crippen LogP contribution in [-0.2, 0) is 6.42 Å². The van der Waals surface area contributed by atoms with Crippen LogP contribution in [0.1, 0.15) is 49.4 Å². The monoisotopic (exact) mass is 363 g/mol. The Labute approximate surface area is 159 Å². The van der Waals surface area contributed by atoms with Crippen molar-refractivity contribution in [2.24, 2.45) is 0 Å². The molecular formula is C21H25N5O. The number of tetrazole rings is 1. The second kappa shape index (κ2) is 7.31. The predicted molar refractivity (Wildman–Crippen MR) is 106 cm³/mol. The van der Waals surface area contributed by atoms with Crippen molar-refractivity contribution >= 4 is 5.91 Å². The Morgan fingerprint density at radius 1 is 1.07 bits per heavy atom. The lowest BCUT2D eigenvalue weighted by Gasteiger charge is -2.21. The highest BCUT2D eigenvalue weighted by atomic mass is 16.1. The molecule has 0 saturated carbocycles. The Bertz CT molecular complexity index is 951. The van der Waals surface area contributed by atoms with Crippen LogP contribution in [0, 0.1) is 6.92 Å². The van der Waals surface area contributed by atoms with Crippen LogP contribution >= 0.6 is 0 Å². The van der Waals surface area contributed by atoms with E-state index < -0.39 is 0 Å². The van der Waals surface area contributed by atoms with E-state index in [1.54, 1.807) is 4.68 Å². The minimum atomic E-state index is -0.319. The van der Waals surface area contributed by atoms with Gasteiger partial charge in [0.1, 0.15) is 0 Å². The minimum Gasteiger partial charge on any atom is -0.347 e. The first-order valence-corrected chi connectivity index (χ1v) is 9.09. The van der Waals surface area contributed by atoms with Crippen molar-refractivity contribution in [1.29, 1.82) is 0 Å². The number of rotatable bonds is 4. The zero-order valence-electron chi connectivity index (χ0n) is 16.4. The summed E-state index contributed by atoms with van der Waals surface area (Å²) >= 11 is 0. The lowest BCUT2D eigenvalue weighted by atomic mass is 10.00. The molecular weight excluding hydrogens is 338 g/mol. The Morgan fingerprint density at radius 3 is 2.41 bits per heavy atom. The average molecular weight is 363 g/mol. The van der Waals surface area contributed by atoms with Gasteiger partial charge in [0.05, 0.1) is 5.69 Å². The van der Waals surface area contributed by atoms with Crippen molar-refractivity contribution in [3.63, 3.8) is 0 Å². The third-order valence-corrected chi connectivity index (χ3v) is 4.15. The molecule has 3 rings (SSSR count). The van der Waals surface area contributed by atoms with E-state index in [2.05, 4.69) is 52.0 Å². The van der Waals surface area contributed by atoms with Crippen LogP contribution in [-0.4, -0.2) is 31.7 Å². The van der Waals surface area contributed by atoms with Gasteiger partial charge in [0.15, 0.2) is 5.82 Å². The number of aromatic nitrogens is 4. The summed E-state index contributed by atoms with van der Waals surface area (Å²) in [6, 6.07) is 14.0. The van der Waals surface area contributed by atoms with E-state index in [4.69, 9.17) is 0 Å². The molecule has 6 nitrogen and oxygen atoms in total. The molecule has 0 spiro atoms. The van der Waals surface area contributed by atoms with Gasteiger partial charge < -0.3 is 5.32 Å². The number of benzene rings is 2. The van der Waals surface area contributed by atoms with E-state index in [1.165, 1.54) is 5.56 Å². The number of carbonyl (C=O) groups is 1. The fourth-order valence-electron chi connectivity index (χ4n) is 2.82. The highest BCUT2D eigenvalue weighted by molar-refractivity contribution is 5.96. The third-order valence-electron chi connectivity index (χ3n) is 4.15. The largest absolute Gasteiger partial charge is 0.347 e. The molecule has 0 atom stereocenters. The Morgan fingerprint density at radius 2 is 1.78 bits per heavy atom. The lowest BCUT2D eigenvalue weighted by molar-refractivity contribution is 0.0919. The molecule has 6 heteroatoms. The van der Waals surface area contributed by atoms with Gasteiger partial charge in [-0.1, -0.05) is 36.8 Å². The first kappa shape index (κ1) is 18.8. The molecule has 0 bridgehead atoms. The molecule has 3 aromatic rings. The van der Waals surface area contributed by atoms with Crippen molar-refractivity contribution in [1.82, 2.24) is 25.5 Å². The normalized spacial score (nSPS) is 11.4. The predicted octanol–water partition coefficient (Wildman–Crippen LogP) is 3.73. The maximum Gasteiger partial charge on any atom is 0.251 e. The Hall–Kier alpha value is -3.02. The highest BCUT2D eigenvalue weighted by Gasteiger charge is 2.18. The van der Waals surface area contributed by atoms with E-state index in [-0.39, 0.29) is 11.4 Å². The molecule has 0 aliphatic carbocycles. The van der Waals surface area contributed by atoms with Gasteiger partial charge in [0, 0.05) is 17.5 Å². The van der Waals surface area contributed by atoms with E-state index >= 15 is 0 Å². The minimum absolute atomic E-state index is 0.121. The molecule has 1 amide bonds. The molecule has 0 unspecified atom stereocenters. The molecule has 0 radical (unpaired) electrons. The summed E-state index contributed by atoms with van der Waals surface area (Å²) in [6.45, 7) is 9.95. The number of carbonyl (C=O) groups excluding carboxylic acids is 1. The molecule has 2 aromatic carbocycles. The van der Waals surface area contributed by atoms with Gasteiger partial charge in [0.2, 0.25) is 0 Å². The molecule has 140 valence electrons. The topological polar surface area (TPSA) is 72.7 Å². The van der Waals surface area contributed by atoms with Crippen molar-refractivity contribution in [3.05, 3.63) is 59.4 Å². The van der Waals surface area contributed by atoms with E-state index in [0.29, 0.717) is 12.0 Å². The zero-order valence-corrected chi connectivity index (χ0v) is 16.4. The maximum absolute atomic E-state index is 12.8. The third kappa shape index (κ3) is 4.39. The van der Waals surface area contributed by atoms with Gasteiger partial charge in [-0.05, 0) is 67.4 Å². The lowest BCUT2D eigenvalue weighted by Crippen LogP contribution is -2.40. The number of hydrogen-bond donors (Lipinski definition) is 1. The maximum atomic E-state index is 12.8. The summed E-state index contributed by atoms with van der Waals surface area (Å²) < 4.78 is 1.69. The molecule has 0 aliphatic heterocycles. The molecule has 1 N–H and O–H groups in total. The Kier molecular flexibility index (Phi) is 5.08. The van der Waals surface area contributed by atoms with Gasteiger partial charge >= 0.3 is 0 Å². The summed E-state index contributed by atoms with van der Waals surface area (Å²) in [5.41, 5.74) is 4.21. The number of nitrogens with one attached hydrogen (secondary N) is 1. The SMILES string of the molecule is CCc1nnnn1-c1cc(C(=O)NC(C)(C)C)cc(-c2ccc(C)cc2)c1. The quantitative estimate of drug-likeness (QED) is 0.767. The van der Waals surface area contributed by atoms with Crippen LogP contribution in [0.25, 0.3) is 16.8 Å². The molecule has 1 aromatic heterocycles. The summed E-state index contributed by atoms with van der Waals surface area (Å²) in [6.07, 6.45) is 0.700. The zero-order chi connectivity index (χ0) is 19.6. The summed E-state index contributed by atoms with van der Waals surface area (Å²) in [5, 5.41) is 15.0. The fourth-order valence-corrected chi connectivity index (χ4v) is 2.82. The van der Waals surface area contributed by atoms with Gasteiger partial charge in [-0.15, -0.1) is 5.10 Å². The number of nitrogens with zero attached hydrogens (tertiary/aromatic N) is 4. The van der Waals surface area contributed by atoms with Crippen molar-refractivity contribution < 1.29 is 4.79 Å². The molecule has 27 heavy (non-hydrogen) atoms.